The monoisotopic (exact) mass is 177 g/mol. The highest BCUT2D eigenvalue weighted by molar-refractivity contribution is 5.00. The Hall–Kier alpha value is -1.03. The minimum absolute atomic E-state index is 0.597. The van der Waals surface area contributed by atoms with Crippen molar-refractivity contribution in [1.29, 1.82) is 5.26 Å². The van der Waals surface area contributed by atoms with Gasteiger partial charge < -0.3 is 0 Å². The van der Waals surface area contributed by atoms with E-state index in [0.29, 0.717) is 12.3 Å². The van der Waals surface area contributed by atoms with Crippen molar-refractivity contribution >= 4 is 0 Å². The van der Waals surface area contributed by atoms with Gasteiger partial charge in [0.2, 0.25) is 0 Å². The molecular weight excluding hydrogens is 158 g/mol. The van der Waals surface area contributed by atoms with Gasteiger partial charge in [0.15, 0.2) is 0 Å². The third-order valence-corrected chi connectivity index (χ3v) is 2.15. The molecule has 1 unspecified atom stereocenters. The molecule has 0 radical (unpaired) electrons. The van der Waals surface area contributed by atoms with Crippen LogP contribution in [-0.2, 0) is 0 Å². The maximum absolute atomic E-state index is 8.38. The van der Waals surface area contributed by atoms with Gasteiger partial charge in [-0.05, 0) is 32.1 Å². The van der Waals surface area contributed by atoms with Crippen LogP contribution in [0.2, 0.25) is 0 Å². The third-order valence-electron chi connectivity index (χ3n) is 2.15. The second kappa shape index (κ2) is 7.61. The minimum Gasteiger partial charge on any atom is -0.198 e. The quantitative estimate of drug-likeness (QED) is 0.565. The minimum atomic E-state index is 0.597. The fourth-order valence-corrected chi connectivity index (χ4v) is 1.07. The van der Waals surface area contributed by atoms with E-state index in [2.05, 4.69) is 32.6 Å². The number of nitriles is 1. The Kier molecular flexibility index (Phi) is 7.01. The molecule has 0 N–H and O–H groups in total. The van der Waals surface area contributed by atoms with Crippen LogP contribution in [-0.4, -0.2) is 0 Å². The second-order valence-corrected chi connectivity index (χ2v) is 3.50. The fourth-order valence-electron chi connectivity index (χ4n) is 1.07. The molecule has 0 saturated heterocycles. The number of nitrogens with zero attached hydrogens (tertiary/aromatic N) is 1. The van der Waals surface area contributed by atoms with E-state index < -0.39 is 0 Å². The number of allylic oxidation sites excluding steroid dienone is 3. The average molecular weight is 177 g/mol. The first-order valence-corrected chi connectivity index (χ1v) is 4.85. The van der Waals surface area contributed by atoms with Crippen molar-refractivity contribution in [3.8, 4) is 6.07 Å². The smallest absolute Gasteiger partial charge is 0.0625 e. The Morgan fingerprint density at radius 2 is 2.31 bits per heavy atom. The summed E-state index contributed by atoms with van der Waals surface area (Å²) in [5.41, 5.74) is 1.33. The molecule has 0 amide bonds. The maximum atomic E-state index is 8.38. The van der Waals surface area contributed by atoms with Crippen molar-refractivity contribution in [3.63, 3.8) is 0 Å². The lowest BCUT2D eigenvalue weighted by atomic mass is 10.0. The van der Waals surface area contributed by atoms with Crippen molar-refractivity contribution in [2.24, 2.45) is 5.92 Å². The molecule has 0 aromatic rings. The summed E-state index contributed by atoms with van der Waals surface area (Å²) in [7, 11) is 0. The molecule has 1 atom stereocenters. The molecule has 0 aliphatic rings. The Bertz CT molecular complexity index is 208. The number of hydrogen-bond donors (Lipinski definition) is 0. The van der Waals surface area contributed by atoms with Crippen molar-refractivity contribution in [2.45, 2.75) is 39.5 Å². The van der Waals surface area contributed by atoms with Gasteiger partial charge in [-0.25, -0.2) is 0 Å². The molecule has 0 bridgehead atoms. The summed E-state index contributed by atoms with van der Waals surface area (Å²) in [5.74, 6) is 0.597. The topological polar surface area (TPSA) is 23.8 Å². The summed E-state index contributed by atoms with van der Waals surface area (Å²) in [5, 5.41) is 8.38. The van der Waals surface area contributed by atoms with Crippen LogP contribution in [0.5, 0.6) is 0 Å². The highest BCUT2D eigenvalue weighted by atomic mass is 14.2. The van der Waals surface area contributed by atoms with E-state index in [1.807, 2.05) is 6.08 Å². The zero-order valence-electron chi connectivity index (χ0n) is 8.71. The predicted octanol–water partition coefficient (Wildman–Crippen LogP) is 3.84. The van der Waals surface area contributed by atoms with E-state index in [9.17, 15) is 0 Å². The number of hydrogen-bond acceptors (Lipinski definition) is 1. The largest absolute Gasteiger partial charge is 0.198 e. The van der Waals surface area contributed by atoms with Gasteiger partial charge in [-0.15, -0.1) is 6.58 Å². The van der Waals surface area contributed by atoms with Crippen LogP contribution in [0, 0.1) is 17.2 Å². The molecular formula is C12H19N. The van der Waals surface area contributed by atoms with E-state index in [0.717, 1.165) is 19.3 Å². The van der Waals surface area contributed by atoms with E-state index in [4.69, 9.17) is 5.26 Å². The van der Waals surface area contributed by atoms with Gasteiger partial charge in [-0.1, -0.05) is 24.6 Å². The fraction of sp³-hybridized carbons (Fsp3) is 0.583. The number of rotatable bonds is 6. The van der Waals surface area contributed by atoms with E-state index in [1.54, 1.807) is 0 Å². The highest BCUT2D eigenvalue weighted by Crippen LogP contribution is 2.10. The van der Waals surface area contributed by atoms with Crippen molar-refractivity contribution in [2.75, 3.05) is 0 Å². The van der Waals surface area contributed by atoms with Crippen LogP contribution in [0.4, 0.5) is 0 Å². The van der Waals surface area contributed by atoms with E-state index in [1.165, 1.54) is 5.57 Å². The Labute approximate surface area is 81.8 Å². The Morgan fingerprint density at radius 3 is 2.85 bits per heavy atom. The molecule has 0 aliphatic heterocycles. The van der Waals surface area contributed by atoms with Crippen LogP contribution >= 0.6 is 0 Å². The molecule has 0 fully saturated rings. The molecule has 72 valence electrons. The second-order valence-electron chi connectivity index (χ2n) is 3.50. The normalized spacial score (nSPS) is 13.5. The van der Waals surface area contributed by atoms with Gasteiger partial charge in [0.1, 0.15) is 0 Å². The zero-order chi connectivity index (χ0) is 10.1. The summed E-state index contributed by atoms with van der Waals surface area (Å²) >= 11 is 0. The Morgan fingerprint density at radius 1 is 1.62 bits per heavy atom. The molecule has 1 nitrogen and oxygen atoms in total. The van der Waals surface area contributed by atoms with Crippen LogP contribution < -0.4 is 0 Å². The van der Waals surface area contributed by atoms with E-state index in [-0.39, 0.29) is 0 Å². The molecule has 0 rings (SSSR count). The highest BCUT2D eigenvalue weighted by Gasteiger charge is 1.94. The lowest BCUT2D eigenvalue weighted by Gasteiger charge is -2.02. The lowest BCUT2D eigenvalue weighted by molar-refractivity contribution is 0.656. The summed E-state index contributed by atoms with van der Waals surface area (Å²) in [6.07, 6.45) is 8.03. The van der Waals surface area contributed by atoms with Gasteiger partial charge in [-0.3, -0.25) is 0 Å². The molecule has 0 aromatic heterocycles. The molecule has 0 heterocycles. The summed E-state index contributed by atoms with van der Waals surface area (Å²) in [6, 6.07) is 2.15. The lowest BCUT2D eigenvalue weighted by Crippen LogP contribution is -1.87. The summed E-state index contributed by atoms with van der Waals surface area (Å²) in [4.78, 5) is 0. The standard InChI is InChI=1S/C12H19N/c1-4-11(2)7-5-8-12(3)9-6-10-13/h4,8,11H,1,5-7,9H2,2-3H3/b12-8+. The van der Waals surface area contributed by atoms with Gasteiger partial charge in [0, 0.05) is 6.42 Å². The van der Waals surface area contributed by atoms with Crippen LogP contribution in [0.3, 0.4) is 0 Å². The first kappa shape index (κ1) is 12.0. The summed E-state index contributed by atoms with van der Waals surface area (Å²) < 4.78 is 0. The van der Waals surface area contributed by atoms with Gasteiger partial charge in [0.25, 0.3) is 0 Å². The first-order chi connectivity index (χ1) is 6.20. The Balaban J connectivity index is 3.59. The van der Waals surface area contributed by atoms with Gasteiger partial charge in [-0.2, -0.15) is 5.26 Å². The molecule has 0 spiro atoms. The first-order valence-electron chi connectivity index (χ1n) is 4.85. The predicted molar refractivity (Wildman–Crippen MR) is 57.2 cm³/mol. The van der Waals surface area contributed by atoms with Crippen molar-refractivity contribution in [1.82, 2.24) is 0 Å². The SMILES string of the molecule is C=CC(C)CC/C=C(\C)CCC#N. The average Bonchev–Trinajstić information content (AvgIpc) is 2.14. The van der Waals surface area contributed by atoms with Gasteiger partial charge in [0.05, 0.1) is 6.07 Å². The van der Waals surface area contributed by atoms with Gasteiger partial charge >= 0.3 is 0 Å². The van der Waals surface area contributed by atoms with Crippen LogP contribution in [0.1, 0.15) is 39.5 Å². The van der Waals surface area contributed by atoms with Crippen LogP contribution in [0.25, 0.3) is 0 Å². The molecule has 1 heteroatoms. The molecule has 0 aliphatic carbocycles. The zero-order valence-corrected chi connectivity index (χ0v) is 8.71. The third kappa shape index (κ3) is 7.33. The van der Waals surface area contributed by atoms with Crippen LogP contribution in [0.15, 0.2) is 24.3 Å². The summed E-state index contributed by atoms with van der Waals surface area (Å²) in [6.45, 7) is 8.01. The van der Waals surface area contributed by atoms with E-state index >= 15 is 0 Å². The van der Waals surface area contributed by atoms with Crippen molar-refractivity contribution in [3.05, 3.63) is 24.3 Å². The maximum Gasteiger partial charge on any atom is 0.0625 e. The molecule has 13 heavy (non-hydrogen) atoms. The molecule has 0 aromatic carbocycles. The molecule has 0 saturated carbocycles. The van der Waals surface area contributed by atoms with Crippen molar-refractivity contribution < 1.29 is 0 Å².